The van der Waals surface area contributed by atoms with Crippen LogP contribution in [-0.4, -0.2) is 63.0 Å². The van der Waals surface area contributed by atoms with E-state index in [9.17, 15) is 9.59 Å². The fraction of sp³-hybridized carbons (Fsp3) is 0.394. The molecule has 4 heterocycles. The minimum Gasteiger partial charge on any atom is -0.453 e. The van der Waals surface area contributed by atoms with Crippen molar-refractivity contribution in [2.45, 2.75) is 57.7 Å². The van der Waals surface area contributed by atoms with Gasteiger partial charge in [-0.15, -0.1) is 0 Å². The minimum absolute atomic E-state index is 0.280. The first kappa shape index (κ1) is 25.1. The predicted molar refractivity (Wildman–Crippen MR) is 165 cm³/mol. The van der Waals surface area contributed by atoms with E-state index >= 15 is 0 Å². The lowest BCUT2D eigenvalue weighted by atomic mass is 10.0. The van der Waals surface area contributed by atoms with Gasteiger partial charge in [0.15, 0.2) is 0 Å². The molecule has 10 heteroatoms. The van der Waals surface area contributed by atoms with Crippen molar-refractivity contribution in [3.05, 3.63) is 72.6 Å². The van der Waals surface area contributed by atoms with Crippen LogP contribution < -0.4 is 10.6 Å². The Morgan fingerprint density at radius 1 is 0.907 bits per heavy atom. The Morgan fingerprint density at radius 2 is 1.51 bits per heavy atom. The Hall–Kier alpha value is -4.44. The summed E-state index contributed by atoms with van der Waals surface area (Å²) in [5.74, 6) is 1.08. The number of ether oxygens (including phenoxy) is 1. The van der Waals surface area contributed by atoms with Crippen LogP contribution >= 0.6 is 0 Å². The number of imidazole rings is 2. The zero-order chi connectivity index (χ0) is 32.4. The van der Waals surface area contributed by atoms with Crippen LogP contribution in [0.1, 0.15) is 67.4 Å². The third-order valence-electron chi connectivity index (χ3n) is 8.46. The summed E-state index contributed by atoms with van der Waals surface area (Å²) in [5, 5.41) is 5.92. The summed E-state index contributed by atoms with van der Waals surface area (Å²) in [7, 11) is -2.89. The number of nitrogens with one attached hydrogen (secondary N) is 4. The van der Waals surface area contributed by atoms with Gasteiger partial charge in [-0.3, -0.25) is 4.79 Å². The zero-order valence-corrected chi connectivity index (χ0v) is 24.4. The van der Waals surface area contributed by atoms with Crippen LogP contribution in [0.4, 0.5) is 4.79 Å². The Bertz CT molecular complexity index is 1660. The van der Waals surface area contributed by atoms with Gasteiger partial charge in [-0.2, -0.15) is 0 Å². The maximum absolute atomic E-state index is 13.5. The van der Waals surface area contributed by atoms with Crippen LogP contribution in [-0.2, 0) is 9.53 Å². The van der Waals surface area contributed by atoms with Crippen molar-refractivity contribution in [3.8, 4) is 33.6 Å². The summed E-state index contributed by atoms with van der Waals surface area (Å²) in [6.45, 7) is 5.11. The van der Waals surface area contributed by atoms with Crippen molar-refractivity contribution >= 4 is 12.0 Å². The Kier molecular flexibility index (Phi) is 7.25. The fourth-order valence-electron chi connectivity index (χ4n) is 6.08. The lowest BCUT2D eigenvalue weighted by Gasteiger charge is -2.30. The van der Waals surface area contributed by atoms with Gasteiger partial charge < -0.3 is 30.2 Å². The highest BCUT2D eigenvalue weighted by atomic mass is 16.5. The summed E-state index contributed by atoms with van der Waals surface area (Å²) in [6.07, 6.45) is 6.30. The van der Waals surface area contributed by atoms with E-state index in [2.05, 4.69) is 71.7 Å². The molecule has 0 spiro atoms. The summed E-state index contributed by atoms with van der Waals surface area (Å²) < 4.78 is 25.9. The quantitative estimate of drug-likeness (QED) is 0.213. The summed E-state index contributed by atoms with van der Waals surface area (Å²) in [4.78, 5) is 43.5. The fourth-order valence-corrected chi connectivity index (χ4v) is 6.08. The number of H-pyrrole nitrogens is 2. The number of likely N-dealkylation sites (tertiary alicyclic amines) is 1. The van der Waals surface area contributed by atoms with E-state index in [4.69, 9.17) is 4.11 Å². The van der Waals surface area contributed by atoms with Crippen molar-refractivity contribution in [1.82, 2.24) is 35.5 Å². The molecule has 2 saturated heterocycles. The molecular formula is C33H39N7O3. The lowest BCUT2D eigenvalue weighted by Crippen LogP contribution is -2.51. The first-order chi connectivity index (χ1) is 22.1. The molecule has 2 amide bonds. The molecule has 3 atom stereocenters. The molecule has 2 aromatic heterocycles. The Morgan fingerprint density at radius 3 is 2.09 bits per heavy atom. The number of nitrogens with zero attached hydrogens (tertiary/aromatic N) is 3. The lowest BCUT2D eigenvalue weighted by molar-refractivity contribution is -0.135. The first-order valence-corrected chi connectivity index (χ1v) is 14.9. The molecule has 0 aliphatic carbocycles. The monoisotopic (exact) mass is 584 g/mol. The van der Waals surface area contributed by atoms with E-state index in [1.807, 2.05) is 18.3 Å². The molecule has 0 unspecified atom stereocenters. The number of rotatable bonds is 8. The number of amides is 2. The SMILES string of the molecule is [2H]C([2H])([2H])OC(=O)N[C@H](C(=O)N1CCC[C@@H]1c1ncc(-c2ccc(-c3ccc(-c4cnc([C@@H]5CCCN5)[nH]4)cc3)cc2)[nH]1)C(C)C. The predicted octanol–water partition coefficient (Wildman–Crippen LogP) is 5.60. The number of hydrogen-bond acceptors (Lipinski definition) is 6. The van der Waals surface area contributed by atoms with E-state index in [0.29, 0.717) is 18.4 Å². The van der Waals surface area contributed by atoms with Gasteiger partial charge in [0.25, 0.3) is 0 Å². The number of aromatic amines is 2. The summed E-state index contributed by atoms with van der Waals surface area (Å²) in [6, 6.07) is 15.8. The topological polar surface area (TPSA) is 128 Å². The maximum Gasteiger partial charge on any atom is 0.407 e. The van der Waals surface area contributed by atoms with Crippen molar-refractivity contribution in [3.63, 3.8) is 0 Å². The number of aromatic nitrogens is 4. The number of alkyl carbamates (subject to hydrolysis) is 1. The van der Waals surface area contributed by atoms with Crippen molar-refractivity contribution < 1.29 is 18.4 Å². The molecule has 224 valence electrons. The third-order valence-corrected chi connectivity index (χ3v) is 8.46. The van der Waals surface area contributed by atoms with Crippen LogP contribution in [0, 0.1) is 5.92 Å². The Labute approximate surface area is 255 Å². The van der Waals surface area contributed by atoms with Crippen LogP contribution in [0.5, 0.6) is 0 Å². The molecule has 2 aliphatic rings. The van der Waals surface area contributed by atoms with Crippen molar-refractivity contribution in [2.75, 3.05) is 20.1 Å². The molecule has 6 rings (SSSR count). The molecule has 2 fully saturated rings. The van der Waals surface area contributed by atoms with Gasteiger partial charge in [0.2, 0.25) is 5.91 Å². The highest BCUT2D eigenvalue weighted by molar-refractivity contribution is 5.86. The first-order valence-electron chi connectivity index (χ1n) is 16.4. The van der Waals surface area contributed by atoms with Gasteiger partial charge >= 0.3 is 6.09 Å². The van der Waals surface area contributed by atoms with Crippen molar-refractivity contribution in [2.24, 2.45) is 5.92 Å². The number of hydrogen-bond donors (Lipinski definition) is 4. The average Bonchev–Trinajstić information content (AvgIpc) is 3.85. The molecule has 0 bridgehead atoms. The van der Waals surface area contributed by atoms with Crippen LogP contribution in [0.3, 0.4) is 0 Å². The van der Waals surface area contributed by atoms with Crippen LogP contribution in [0.25, 0.3) is 33.6 Å². The second kappa shape index (κ2) is 12.4. The van der Waals surface area contributed by atoms with Gasteiger partial charge in [0, 0.05) is 6.54 Å². The van der Waals surface area contributed by atoms with E-state index in [0.717, 1.165) is 65.3 Å². The minimum atomic E-state index is -2.89. The maximum atomic E-state index is 13.5. The standard InChI is InChI=1S/C33H39N7O3/c1-20(2)29(39-33(42)43-3)32(41)40-17-5-7-28(40)31-36-19-27(38-31)24-14-10-22(11-15-24)21-8-12-23(13-9-21)26-18-35-30(37-26)25-6-4-16-34-25/h8-15,18-20,25,28-29,34H,4-7,16-17H2,1-3H3,(H,35,37)(H,36,38)(H,39,42)/t25-,28+,29-/m0/s1/i3D3. The molecule has 10 nitrogen and oxygen atoms in total. The molecule has 43 heavy (non-hydrogen) atoms. The van der Waals surface area contributed by atoms with E-state index in [1.165, 1.54) is 6.42 Å². The van der Waals surface area contributed by atoms with Gasteiger partial charge in [0.05, 0.1) is 47.0 Å². The smallest absolute Gasteiger partial charge is 0.407 e. The van der Waals surface area contributed by atoms with E-state index in [-0.39, 0.29) is 17.9 Å². The van der Waals surface area contributed by atoms with Crippen LogP contribution in [0.2, 0.25) is 0 Å². The van der Waals surface area contributed by atoms with Gasteiger partial charge in [-0.1, -0.05) is 62.4 Å². The second-order valence-electron chi connectivity index (χ2n) is 11.6. The van der Waals surface area contributed by atoms with E-state index in [1.54, 1.807) is 24.9 Å². The van der Waals surface area contributed by atoms with Gasteiger partial charge in [-0.25, -0.2) is 14.8 Å². The number of carbonyl (C=O) groups is 2. The van der Waals surface area contributed by atoms with Crippen LogP contribution in [0.15, 0.2) is 60.9 Å². The normalized spacial score (nSPS) is 20.4. The van der Waals surface area contributed by atoms with Gasteiger partial charge in [0.1, 0.15) is 17.7 Å². The van der Waals surface area contributed by atoms with E-state index < -0.39 is 19.2 Å². The number of benzene rings is 2. The number of methoxy groups -OCH3 is 1. The third kappa shape index (κ3) is 6.06. The average molecular weight is 585 g/mol. The second-order valence-corrected chi connectivity index (χ2v) is 11.6. The molecule has 4 N–H and O–H groups in total. The van der Waals surface area contributed by atoms with Crippen molar-refractivity contribution in [1.29, 1.82) is 0 Å². The highest BCUT2D eigenvalue weighted by Crippen LogP contribution is 2.33. The molecule has 2 aliphatic heterocycles. The summed E-state index contributed by atoms with van der Waals surface area (Å²) in [5.41, 5.74) is 6.10. The Balaban J connectivity index is 1.11. The molecule has 0 saturated carbocycles. The molecular weight excluding hydrogens is 542 g/mol. The van der Waals surface area contributed by atoms with Gasteiger partial charge in [-0.05, 0) is 60.4 Å². The molecule has 4 aromatic rings. The molecule has 2 aromatic carbocycles. The summed E-state index contributed by atoms with van der Waals surface area (Å²) >= 11 is 0. The zero-order valence-electron chi connectivity index (χ0n) is 27.4. The number of carbonyl (C=O) groups excluding carboxylic acids is 2. The molecule has 0 radical (unpaired) electrons. The largest absolute Gasteiger partial charge is 0.453 e. The highest BCUT2D eigenvalue weighted by Gasteiger charge is 2.37.